The molecule has 33 heavy (non-hydrogen) atoms. The van der Waals surface area contributed by atoms with Crippen LogP contribution in [0.1, 0.15) is 49.0 Å². The topological polar surface area (TPSA) is 98.8 Å². The number of ether oxygens (including phenoxy) is 1. The Hall–Kier alpha value is -3.12. The number of pyridine rings is 1. The lowest BCUT2D eigenvalue weighted by Gasteiger charge is -2.30. The molecule has 8 nitrogen and oxygen atoms in total. The molecule has 176 valence electrons. The minimum absolute atomic E-state index is 0.0280. The van der Waals surface area contributed by atoms with Gasteiger partial charge in [-0.2, -0.15) is 5.26 Å². The van der Waals surface area contributed by atoms with Crippen LogP contribution in [0.4, 0.5) is 10.1 Å². The molecular formula is C24H29FN4O4. The monoisotopic (exact) mass is 456 g/mol. The van der Waals surface area contributed by atoms with Crippen molar-refractivity contribution in [2.75, 3.05) is 38.7 Å². The largest absolute Gasteiger partial charge is 0.492 e. The summed E-state index contributed by atoms with van der Waals surface area (Å²) in [4.78, 5) is 28.6. The Bertz CT molecular complexity index is 1180. The van der Waals surface area contributed by atoms with Crippen LogP contribution in [-0.2, 0) is 0 Å². The van der Waals surface area contributed by atoms with Crippen LogP contribution in [0.25, 0.3) is 10.9 Å². The molecular weight excluding hydrogens is 427 g/mol. The Morgan fingerprint density at radius 1 is 1.42 bits per heavy atom. The van der Waals surface area contributed by atoms with Crippen LogP contribution >= 0.6 is 0 Å². The molecule has 4 rings (SSSR count). The van der Waals surface area contributed by atoms with E-state index in [1.54, 1.807) is 4.57 Å². The quantitative estimate of drug-likeness (QED) is 0.651. The molecule has 0 radical (unpaired) electrons. The molecule has 9 heteroatoms. The second-order valence-electron chi connectivity index (χ2n) is 9.08. The van der Waals surface area contributed by atoms with Crippen molar-refractivity contribution in [1.29, 1.82) is 5.26 Å². The van der Waals surface area contributed by atoms with Crippen molar-refractivity contribution in [3.05, 3.63) is 33.9 Å². The fourth-order valence-electron chi connectivity index (χ4n) is 4.90. The van der Waals surface area contributed by atoms with E-state index in [4.69, 9.17) is 10.00 Å². The van der Waals surface area contributed by atoms with Crippen LogP contribution < -0.4 is 15.1 Å². The average Bonchev–Trinajstić information content (AvgIpc) is 3.52. The minimum atomic E-state index is -1.32. The number of carboxylic acids is 1. The highest BCUT2D eigenvalue weighted by Crippen LogP contribution is 2.44. The zero-order chi connectivity index (χ0) is 23.9. The molecule has 1 aliphatic carbocycles. The van der Waals surface area contributed by atoms with Crippen molar-refractivity contribution in [3.63, 3.8) is 0 Å². The van der Waals surface area contributed by atoms with Gasteiger partial charge >= 0.3 is 5.97 Å². The lowest BCUT2D eigenvalue weighted by Crippen LogP contribution is -2.37. The molecule has 1 aromatic carbocycles. The number of nitriles is 1. The molecule has 0 spiro atoms. The second kappa shape index (κ2) is 9.02. The number of fused-ring (bicyclic) bond motifs is 1. The van der Waals surface area contributed by atoms with Crippen molar-refractivity contribution >= 4 is 22.6 Å². The first-order chi connectivity index (χ1) is 15.8. The van der Waals surface area contributed by atoms with Gasteiger partial charge in [-0.3, -0.25) is 4.79 Å². The highest BCUT2D eigenvalue weighted by molar-refractivity contribution is 5.97. The third kappa shape index (κ3) is 4.15. The minimum Gasteiger partial charge on any atom is -0.492 e. The number of halogens is 1. The second-order valence-corrected chi connectivity index (χ2v) is 9.08. The lowest BCUT2D eigenvalue weighted by molar-refractivity contribution is 0.0695. The Labute approximate surface area is 191 Å². The van der Waals surface area contributed by atoms with Gasteiger partial charge in [0.1, 0.15) is 11.3 Å². The van der Waals surface area contributed by atoms with Crippen molar-refractivity contribution in [3.8, 4) is 11.8 Å². The predicted octanol–water partition coefficient (Wildman–Crippen LogP) is 3.24. The molecule has 1 aromatic heterocycles. The first-order valence-corrected chi connectivity index (χ1v) is 11.3. The van der Waals surface area contributed by atoms with E-state index in [2.05, 4.69) is 17.9 Å². The van der Waals surface area contributed by atoms with Crippen molar-refractivity contribution < 1.29 is 19.0 Å². The smallest absolute Gasteiger partial charge is 0.341 e. The number of methoxy groups -OCH3 is 1. The first-order valence-electron chi connectivity index (χ1n) is 11.3. The molecule has 2 atom stereocenters. The number of aromatic carboxylic acids is 1. The molecule has 1 unspecified atom stereocenters. The molecule has 0 amide bonds. The molecule has 1 saturated heterocycles. The van der Waals surface area contributed by atoms with Gasteiger partial charge in [0.05, 0.1) is 24.1 Å². The number of hydrogen-bond donors (Lipinski definition) is 1. The summed E-state index contributed by atoms with van der Waals surface area (Å²) in [6, 6.07) is 3.62. The maximum atomic E-state index is 15.5. The average molecular weight is 457 g/mol. The van der Waals surface area contributed by atoms with Gasteiger partial charge in [-0.15, -0.1) is 0 Å². The van der Waals surface area contributed by atoms with Gasteiger partial charge in [0.25, 0.3) is 0 Å². The third-order valence-electron chi connectivity index (χ3n) is 7.07. The van der Waals surface area contributed by atoms with Gasteiger partial charge in [-0.05, 0) is 45.2 Å². The first kappa shape index (κ1) is 23.1. The van der Waals surface area contributed by atoms with Crippen molar-refractivity contribution in [2.24, 2.45) is 5.92 Å². The molecule has 1 aliphatic heterocycles. The maximum Gasteiger partial charge on any atom is 0.341 e. The van der Waals surface area contributed by atoms with E-state index in [0.717, 1.165) is 25.3 Å². The van der Waals surface area contributed by atoms with E-state index in [1.165, 1.54) is 13.3 Å². The number of benzene rings is 1. The summed E-state index contributed by atoms with van der Waals surface area (Å²) >= 11 is 0. The summed E-state index contributed by atoms with van der Waals surface area (Å²) in [5, 5.41) is 18.4. The summed E-state index contributed by atoms with van der Waals surface area (Å²) in [7, 11) is 3.45. The van der Waals surface area contributed by atoms with Crippen LogP contribution in [0.2, 0.25) is 0 Å². The number of aromatic nitrogens is 1. The zero-order valence-corrected chi connectivity index (χ0v) is 19.2. The van der Waals surface area contributed by atoms with E-state index in [0.29, 0.717) is 37.3 Å². The van der Waals surface area contributed by atoms with Gasteiger partial charge in [0, 0.05) is 44.3 Å². The summed E-state index contributed by atoms with van der Waals surface area (Å²) in [6.07, 6.45) is 4.43. The molecule has 2 heterocycles. The van der Waals surface area contributed by atoms with Gasteiger partial charge in [-0.1, -0.05) is 0 Å². The molecule has 2 aliphatic rings. The van der Waals surface area contributed by atoms with Gasteiger partial charge in [0.2, 0.25) is 5.43 Å². The fourth-order valence-corrected chi connectivity index (χ4v) is 4.90. The highest BCUT2D eigenvalue weighted by Gasteiger charge is 2.35. The number of rotatable bonds is 8. The Kier molecular flexibility index (Phi) is 6.30. The van der Waals surface area contributed by atoms with Crippen LogP contribution in [0.15, 0.2) is 17.1 Å². The van der Waals surface area contributed by atoms with E-state index in [1.807, 2.05) is 11.9 Å². The summed E-state index contributed by atoms with van der Waals surface area (Å²) in [6.45, 7) is 4.07. The van der Waals surface area contributed by atoms with Crippen molar-refractivity contribution in [1.82, 2.24) is 9.47 Å². The van der Waals surface area contributed by atoms with E-state index >= 15 is 4.39 Å². The van der Waals surface area contributed by atoms with Crippen molar-refractivity contribution in [2.45, 2.75) is 44.7 Å². The standard InChI is InChI=1S/C24H29FN4O4/c1-14(27(2)9-4-8-26)15-7-10-28(12-15)21-19(25)11-17-20(23(21)33-3)29(16-5-6-16)13-18(22(17)30)24(31)32/h11,13-16H,4-7,9-10,12H2,1-3H3,(H,31,32)/t14-,15?/m0/s1. The lowest BCUT2D eigenvalue weighted by atomic mass is 9.99. The van der Waals surface area contributed by atoms with Crippen LogP contribution in [0, 0.1) is 23.1 Å². The third-order valence-corrected chi connectivity index (χ3v) is 7.07. The Balaban J connectivity index is 1.77. The number of carboxylic acid groups (broad SMARTS) is 1. The van der Waals surface area contributed by atoms with E-state index in [9.17, 15) is 14.7 Å². The normalized spacial score (nSPS) is 19.2. The van der Waals surface area contributed by atoms with E-state index < -0.39 is 17.2 Å². The fraction of sp³-hybridized carbons (Fsp3) is 0.542. The number of carbonyl (C=O) groups is 1. The molecule has 0 bridgehead atoms. The van der Waals surface area contributed by atoms with Gasteiger partial charge < -0.3 is 24.2 Å². The molecule has 1 N–H and O–H groups in total. The number of nitrogens with zero attached hydrogens (tertiary/aromatic N) is 4. The molecule has 1 saturated carbocycles. The molecule has 2 fully saturated rings. The van der Waals surface area contributed by atoms with Gasteiger partial charge in [0.15, 0.2) is 11.6 Å². The number of anilines is 1. The van der Waals surface area contributed by atoms with E-state index in [-0.39, 0.29) is 34.7 Å². The van der Waals surface area contributed by atoms with Gasteiger partial charge in [-0.25, -0.2) is 9.18 Å². The highest BCUT2D eigenvalue weighted by atomic mass is 19.1. The SMILES string of the molecule is COc1c(N2CCC([C@H](C)N(C)CCC#N)C2)c(F)cc2c(=O)c(C(=O)O)cn(C3CC3)c12. The molecule has 2 aromatic rings. The summed E-state index contributed by atoms with van der Waals surface area (Å²) in [5.41, 5.74) is -0.297. The summed E-state index contributed by atoms with van der Waals surface area (Å²) < 4.78 is 22.9. The maximum absolute atomic E-state index is 15.5. The Morgan fingerprint density at radius 2 is 2.15 bits per heavy atom. The van der Waals surface area contributed by atoms with Crippen LogP contribution in [0.5, 0.6) is 5.75 Å². The summed E-state index contributed by atoms with van der Waals surface area (Å²) in [5.74, 6) is -1.35. The number of hydrogen-bond acceptors (Lipinski definition) is 6. The van der Waals surface area contributed by atoms with Crippen LogP contribution in [0.3, 0.4) is 0 Å². The van der Waals surface area contributed by atoms with Crippen LogP contribution in [-0.4, -0.2) is 60.4 Å². The zero-order valence-electron chi connectivity index (χ0n) is 19.2. The Morgan fingerprint density at radius 3 is 2.76 bits per heavy atom. The predicted molar refractivity (Wildman–Crippen MR) is 123 cm³/mol.